The average molecular weight is 167 g/mol. The van der Waals surface area contributed by atoms with Crippen molar-refractivity contribution in [2.24, 2.45) is 17.6 Å². The number of rotatable bonds is 1. The van der Waals surface area contributed by atoms with Gasteiger partial charge in [-0.25, -0.2) is 0 Å². The number of ether oxygens (including phenoxy) is 1. The van der Waals surface area contributed by atoms with Crippen molar-refractivity contribution in [2.75, 3.05) is 6.61 Å². The summed E-state index contributed by atoms with van der Waals surface area (Å²) in [7, 11) is 0. The third kappa shape index (κ3) is 1.19. The molecule has 1 aliphatic carbocycles. The molecular weight excluding hydrogens is 154 g/mol. The fourth-order valence-electron chi connectivity index (χ4n) is 1.94. The SMILES string of the molecule is NC(=O)C1C=C2OCCC2CC1. The Kier molecular flexibility index (Phi) is 1.79. The lowest BCUT2D eigenvalue weighted by Gasteiger charge is -2.19. The van der Waals surface area contributed by atoms with Gasteiger partial charge in [0.05, 0.1) is 18.3 Å². The maximum Gasteiger partial charge on any atom is 0.224 e. The van der Waals surface area contributed by atoms with Gasteiger partial charge in [0.25, 0.3) is 0 Å². The summed E-state index contributed by atoms with van der Waals surface area (Å²) in [4.78, 5) is 10.9. The van der Waals surface area contributed by atoms with Crippen molar-refractivity contribution in [1.82, 2.24) is 0 Å². The van der Waals surface area contributed by atoms with Crippen LogP contribution in [0.3, 0.4) is 0 Å². The van der Waals surface area contributed by atoms with Crippen LogP contribution >= 0.6 is 0 Å². The molecule has 2 N–H and O–H groups in total. The van der Waals surface area contributed by atoms with Crippen molar-refractivity contribution in [3.63, 3.8) is 0 Å². The number of carbonyl (C=O) groups is 1. The zero-order chi connectivity index (χ0) is 8.55. The van der Waals surface area contributed by atoms with Crippen LogP contribution in [0.15, 0.2) is 11.8 Å². The molecule has 0 aromatic heterocycles. The normalized spacial score (nSPS) is 33.5. The second-order valence-corrected chi connectivity index (χ2v) is 3.49. The van der Waals surface area contributed by atoms with Gasteiger partial charge >= 0.3 is 0 Å². The smallest absolute Gasteiger partial charge is 0.224 e. The molecule has 1 saturated heterocycles. The van der Waals surface area contributed by atoms with Gasteiger partial charge in [-0.2, -0.15) is 0 Å². The molecule has 1 fully saturated rings. The second-order valence-electron chi connectivity index (χ2n) is 3.49. The summed E-state index contributed by atoms with van der Waals surface area (Å²) in [5.41, 5.74) is 5.21. The van der Waals surface area contributed by atoms with Gasteiger partial charge in [-0.3, -0.25) is 4.79 Å². The summed E-state index contributed by atoms with van der Waals surface area (Å²) in [6.45, 7) is 0.808. The molecule has 1 aliphatic heterocycles. The Morgan fingerprint density at radius 2 is 2.33 bits per heavy atom. The van der Waals surface area contributed by atoms with Crippen molar-refractivity contribution >= 4 is 5.91 Å². The molecule has 0 aromatic carbocycles. The number of primary amides is 1. The molecule has 66 valence electrons. The van der Waals surface area contributed by atoms with Gasteiger partial charge in [-0.15, -0.1) is 0 Å². The Labute approximate surface area is 71.6 Å². The molecule has 1 heterocycles. The summed E-state index contributed by atoms with van der Waals surface area (Å²) in [6, 6.07) is 0. The van der Waals surface area contributed by atoms with Crippen LogP contribution in [-0.2, 0) is 9.53 Å². The number of hydrogen-bond acceptors (Lipinski definition) is 2. The zero-order valence-electron chi connectivity index (χ0n) is 6.95. The number of fused-ring (bicyclic) bond motifs is 1. The molecule has 1 amide bonds. The van der Waals surface area contributed by atoms with Gasteiger partial charge in [0, 0.05) is 5.92 Å². The summed E-state index contributed by atoms with van der Waals surface area (Å²) >= 11 is 0. The number of carbonyl (C=O) groups excluding carboxylic acids is 1. The summed E-state index contributed by atoms with van der Waals surface area (Å²) in [5, 5.41) is 0. The van der Waals surface area contributed by atoms with Crippen LogP contribution in [0.5, 0.6) is 0 Å². The van der Waals surface area contributed by atoms with Crippen molar-refractivity contribution in [2.45, 2.75) is 19.3 Å². The fraction of sp³-hybridized carbons (Fsp3) is 0.667. The molecule has 0 radical (unpaired) electrons. The van der Waals surface area contributed by atoms with Gasteiger partial charge in [0.15, 0.2) is 0 Å². The lowest BCUT2D eigenvalue weighted by atomic mass is 9.86. The van der Waals surface area contributed by atoms with E-state index in [0.29, 0.717) is 5.92 Å². The van der Waals surface area contributed by atoms with Gasteiger partial charge in [0.1, 0.15) is 0 Å². The molecule has 2 atom stereocenters. The van der Waals surface area contributed by atoms with E-state index in [9.17, 15) is 4.79 Å². The van der Waals surface area contributed by atoms with Crippen LogP contribution < -0.4 is 5.73 Å². The minimum absolute atomic E-state index is 0.0886. The molecule has 2 aliphatic rings. The van der Waals surface area contributed by atoms with Crippen LogP contribution in [0.2, 0.25) is 0 Å². The molecule has 2 rings (SSSR count). The predicted molar refractivity (Wildman–Crippen MR) is 44.1 cm³/mol. The minimum Gasteiger partial charge on any atom is -0.498 e. The van der Waals surface area contributed by atoms with Crippen molar-refractivity contribution < 1.29 is 9.53 Å². The number of amides is 1. The van der Waals surface area contributed by atoms with Crippen LogP contribution in [-0.4, -0.2) is 12.5 Å². The fourth-order valence-corrected chi connectivity index (χ4v) is 1.94. The lowest BCUT2D eigenvalue weighted by Crippen LogP contribution is -2.25. The maximum atomic E-state index is 10.9. The molecule has 3 nitrogen and oxygen atoms in total. The highest BCUT2D eigenvalue weighted by Crippen LogP contribution is 2.35. The third-order valence-corrected chi connectivity index (χ3v) is 2.69. The van der Waals surface area contributed by atoms with E-state index >= 15 is 0 Å². The first-order chi connectivity index (χ1) is 5.77. The van der Waals surface area contributed by atoms with Crippen molar-refractivity contribution in [1.29, 1.82) is 0 Å². The van der Waals surface area contributed by atoms with Crippen LogP contribution in [0, 0.1) is 11.8 Å². The Morgan fingerprint density at radius 3 is 3.08 bits per heavy atom. The Bertz CT molecular complexity index is 235. The number of nitrogens with two attached hydrogens (primary N) is 1. The summed E-state index contributed by atoms with van der Waals surface area (Å²) in [6.07, 6.45) is 4.97. The number of hydrogen-bond donors (Lipinski definition) is 1. The average Bonchev–Trinajstić information content (AvgIpc) is 2.49. The molecule has 0 bridgehead atoms. The molecule has 0 aromatic rings. The van der Waals surface area contributed by atoms with E-state index in [1.807, 2.05) is 6.08 Å². The van der Waals surface area contributed by atoms with Crippen molar-refractivity contribution in [3.8, 4) is 0 Å². The van der Waals surface area contributed by atoms with E-state index in [4.69, 9.17) is 10.5 Å². The van der Waals surface area contributed by atoms with Crippen LogP contribution in [0.1, 0.15) is 19.3 Å². The maximum absolute atomic E-state index is 10.9. The second kappa shape index (κ2) is 2.81. The van der Waals surface area contributed by atoms with E-state index in [0.717, 1.165) is 31.6 Å². The summed E-state index contributed by atoms with van der Waals surface area (Å²) in [5.74, 6) is 1.26. The van der Waals surface area contributed by atoms with E-state index in [-0.39, 0.29) is 11.8 Å². The third-order valence-electron chi connectivity index (χ3n) is 2.69. The topological polar surface area (TPSA) is 52.3 Å². The molecule has 12 heavy (non-hydrogen) atoms. The molecular formula is C9H13NO2. The highest BCUT2D eigenvalue weighted by molar-refractivity contribution is 5.78. The van der Waals surface area contributed by atoms with Crippen LogP contribution in [0.4, 0.5) is 0 Å². The largest absolute Gasteiger partial charge is 0.498 e. The van der Waals surface area contributed by atoms with E-state index in [2.05, 4.69) is 0 Å². The molecule has 0 saturated carbocycles. The summed E-state index contributed by atoms with van der Waals surface area (Å²) < 4.78 is 5.39. The predicted octanol–water partition coefficient (Wildman–Crippen LogP) is 0.802. The highest BCUT2D eigenvalue weighted by atomic mass is 16.5. The Balaban J connectivity index is 2.14. The highest BCUT2D eigenvalue weighted by Gasteiger charge is 2.30. The molecule has 2 unspecified atom stereocenters. The van der Waals surface area contributed by atoms with Gasteiger partial charge < -0.3 is 10.5 Å². The van der Waals surface area contributed by atoms with Crippen LogP contribution in [0.25, 0.3) is 0 Å². The Hall–Kier alpha value is -0.990. The molecule has 0 spiro atoms. The standard InChI is InChI=1S/C9H13NO2/c10-9(11)7-2-1-6-3-4-12-8(6)5-7/h5-7H,1-4H2,(H2,10,11). The van der Waals surface area contributed by atoms with Crippen molar-refractivity contribution in [3.05, 3.63) is 11.8 Å². The quantitative estimate of drug-likeness (QED) is 0.628. The monoisotopic (exact) mass is 167 g/mol. The van der Waals surface area contributed by atoms with Gasteiger partial charge in [-0.1, -0.05) is 0 Å². The first-order valence-corrected chi connectivity index (χ1v) is 4.41. The van der Waals surface area contributed by atoms with E-state index in [1.165, 1.54) is 0 Å². The zero-order valence-corrected chi connectivity index (χ0v) is 6.95. The van der Waals surface area contributed by atoms with Gasteiger partial charge in [-0.05, 0) is 25.3 Å². The van der Waals surface area contributed by atoms with E-state index < -0.39 is 0 Å². The first kappa shape index (κ1) is 7.65. The minimum atomic E-state index is -0.226. The van der Waals surface area contributed by atoms with Gasteiger partial charge in [0.2, 0.25) is 5.91 Å². The molecule has 3 heteroatoms. The lowest BCUT2D eigenvalue weighted by molar-refractivity contribution is -0.120. The Morgan fingerprint density at radius 1 is 1.50 bits per heavy atom. The van der Waals surface area contributed by atoms with E-state index in [1.54, 1.807) is 0 Å². The first-order valence-electron chi connectivity index (χ1n) is 4.41. The number of allylic oxidation sites excluding steroid dienone is 1.